The van der Waals surface area contributed by atoms with E-state index in [0.29, 0.717) is 11.4 Å². The predicted octanol–water partition coefficient (Wildman–Crippen LogP) is 1.69. The summed E-state index contributed by atoms with van der Waals surface area (Å²) in [5.41, 5.74) is 0.813. The van der Waals surface area contributed by atoms with Crippen molar-refractivity contribution in [3.8, 4) is 0 Å². The van der Waals surface area contributed by atoms with Gasteiger partial charge in [-0.15, -0.1) is 0 Å². The molecule has 0 bridgehead atoms. The third-order valence-corrected chi connectivity index (χ3v) is 1.93. The minimum Gasteiger partial charge on any atom is -0.303 e. The van der Waals surface area contributed by atoms with E-state index in [0.717, 1.165) is 24.9 Å². The van der Waals surface area contributed by atoms with Gasteiger partial charge in [-0.25, -0.2) is 0 Å². The number of rotatable bonds is 4. The highest BCUT2D eigenvalue weighted by Crippen LogP contribution is 2.14. The molecule has 12 heavy (non-hydrogen) atoms. The van der Waals surface area contributed by atoms with Crippen molar-refractivity contribution < 1.29 is 4.79 Å². The monoisotopic (exact) mass is 186 g/mol. The van der Waals surface area contributed by atoms with Gasteiger partial charge in [0.05, 0.1) is 16.9 Å². The maximum absolute atomic E-state index is 10.3. The summed E-state index contributed by atoms with van der Waals surface area (Å²) in [6.07, 6.45) is 3.76. The Bertz CT molecular complexity index is 270. The van der Waals surface area contributed by atoms with Gasteiger partial charge in [-0.1, -0.05) is 18.5 Å². The number of aryl methyl sites for hydroxylation is 1. The molecule has 0 aliphatic heterocycles. The molecular weight excluding hydrogens is 176 g/mol. The molecule has 1 heterocycles. The summed E-state index contributed by atoms with van der Waals surface area (Å²) in [6, 6.07) is 0. The van der Waals surface area contributed by atoms with Crippen LogP contribution in [0.1, 0.15) is 19.0 Å². The lowest BCUT2D eigenvalue weighted by Crippen LogP contribution is -2.04. The molecule has 0 radical (unpaired) electrons. The normalized spacial score (nSPS) is 10.2. The molecule has 4 heteroatoms. The summed E-state index contributed by atoms with van der Waals surface area (Å²) in [6.45, 7) is 2.87. The second-order valence-electron chi connectivity index (χ2n) is 2.53. The molecule has 0 spiro atoms. The maximum atomic E-state index is 10.3. The summed E-state index contributed by atoms with van der Waals surface area (Å²) in [5, 5.41) is 4.63. The Morgan fingerprint density at radius 1 is 1.75 bits per heavy atom. The van der Waals surface area contributed by atoms with Crippen LogP contribution in [-0.2, 0) is 17.8 Å². The van der Waals surface area contributed by atoms with Gasteiger partial charge >= 0.3 is 0 Å². The molecule has 0 amide bonds. The first kappa shape index (κ1) is 9.26. The number of aromatic nitrogens is 2. The van der Waals surface area contributed by atoms with Crippen LogP contribution in [0.3, 0.4) is 0 Å². The van der Waals surface area contributed by atoms with Gasteiger partial charge < -0.3 is 4.79 Å². The minimum atomic E-state index is 0.346. The minimum absolute atomic E-state index is 0.346. The molecule has 0 aliphatic rings. The van der Waals surface area contributed by atoms with Crippen molar-refractivity contribution in [3.63, 3.8) is 0 Å². The van der Waals surface area contributed by atoms with Gasteiger partial charge in [-0.2, -0.15) is 5.10 Å². The van der Waals surface area contributed by atoms with Crippen molar-refractivity contribution >= 4 is 17.9 Å². The van der Waals surface area contributed by atoms with Crippen molar-refractivity contribution in [3.05, 3.63) is 16.9 Å². The van der Waals surface area contributed by atoms with Crippen LogP contribution in [0.4, 0.5) is 0 Å². The topological polar surface area (TPSA) is 34.9 Å². The molecule has 0 fully saturated rings. The Morgan fingerprint density at radius 3 is 3.08 bits per heavy atom. The zero-order chi connectivity index (χ0) is 8.97. The van der Waals surface area contributed by atoms with Crippen LogP contribution in [0.5, 0.6) is 0 Å². The van der Waals surface area contributed by atoms with Crippen LogP contribution in [0.15, 0.2) is 6.20 Å². The van der Waals surface area contributed by atoms with Crippen molar-refractivity contribution in [2.75, 3.05) is 0 Å². The lowest BCUT2D eigenvalue weighted by Gasteiger charge is -2.02. The number of aldehydes is 1. The number of carbonyl (C=O) groups excluding carboxylic acids is 1. The van der Waals surface area contributed by atoms with E-state index >= 15 is 0 Å². The first-order chi connectivity index (χ1) is 5.79. The molecular formula is C8H11ClN2O. The van der Waals surface area contributed by atoms with Crippen LogP contribution in [-0.4, -0.2) is 16.1 Å². The largest absolute Gasteiger partial charge is 0.303 e. The van der Waals surface area contributed by atoms with E-state index in [1.165, 1.54) is 0 Å². The van der Waals surface area contributed by atoms with Crippen LogP contribution in [0.2, 0.25) is 5.02 Å². The molecule has 0 saturated heterocycles. The molecule has 0 N–H and O–H groups in total. The summed E-state index contributed by atoms with van der Waals surface area (Å²) in [5.74, 6) is 0. The fraction of sp³-hybridized carbons (Fsp3) is 0.500. The molecule has 0 unspecified atom stereocenters. The molecule has 66 valence electrons. The van der Waals surface area contributed by atoms with Gasteiger partial charge in [0.25, 0.3) is 0 Å². The fourth-order valence-corrected chi connectivity index (χ4v) is 1.29. The zero-order valence-corrected chi connectivity index (χ0v) is 7.71. The first-order valence-corrected chi connectivity index (χ1v) is 4.31. The quantitative estimate of drug-likeness (QED) is 0.671. The Kier molecular flexibility index (Phi) is 3.29. The molecule has 0 aliphatic carbocycles. The van der Waals surface area contributed by atoms with Gasteiger partial charge in [0.2, 0.25) is 0 Å². The molecule has 3 nitrogen and oxygen atoms in total. The zero-order valence-electron chi connectivity index (χ0n) is 6.96. The first-order valence-electron chi connectivity index (χ1n) is 3.93. The Balaban J connectivity index is 2.86. The van der Waals surface area contributed by atoms with E-state index in [1.807, 2.05) is 0 Å². The van der Waals surface area contributed by atoms with E-state index in [2.05, 4.69) is 12.0 Å². The van der Waals surface area contributed by atoms with E-state index in [9.17, 15) is 4.79 Å². The number of hydrogen-bond donors (Lipinski definition) is 0. The van der Waals surface area contributed by atoms with Crippen LogP contribution < -0.4 is 0 Å². The van der Waals surface area contributed by atoms with Gasteiger partial charge in [0.15, 0.2) is 0 Å². The van der Waals surface area contributed by atoms with Crippen molar-refractivity contribution in [1.82, 2.24) is 9.78 Å². The fourth-order valence-electron chi connectivity index (χ4n) is 1.07. The molecule has 1 aromatic heterocycles. The number of carbonyl (C=O) groups is 1. The van der Waals surface area contributed by atoms with E-state index < -0.39 is 0 Å². The maximum Gasteiger partial charge on any atom is 0.125 e. The second kappa shape index (κ2) is 4.26. The standard InChI is InChI=1S/C8H11ClN2O/c1-2-4-11-8(3-5-12)7(9)6-10-11/h5-6H,2-4H2,1H3. The van der Waals surface area contributed by atoms with Gasteiger partial charge in [-0.05, 0) is 6.42 Å². The van der Waals surface area contributed by atoms with E-state index in [1.54, 1.807) is 10.9 Å². The summed E-state index contributed by atoms with van der Waals surface area (Å²) < 4.78 is 1.77. The second-order valence-corrected chi connectivity index (χ2v) is 2.94. The highest BCUT2D eigenvalue weighted by Gasteiger charge is 2.06. The third kappa shape index (κ3) is 1.85. The van der Waals surface area contributed by atoms with Crippen LogP contribution >= 0.6 is 11.6 Å². The molecule has 0 aromatic carbocycles. The molecule has 0 saturated carbocycles. The van der Waals surface area contributed by atoms with Crippen molar-refractivity contribution in [2.45, 2.75) is 26.3 Å². The predicted molar refractivity (Wildman–Crippen MR) is 47.3 cm³/mol. The van der Waals surface area contributed by atoms with Crippen molar-refractivity contribution in [1.29, 1.82) is 0 Å². The SMILES string of the molecule is CCCn1ncc(Cl)c1CC=O. The van der Waals surface area contributed by atoms with Gasteiger partial charge in [0, 0.05) is 13.0 Å². The van der Waals surface area contributed by atoms with Crippen molar-refractivity contribution in [2.24, 2.45) is 0 Å². The highest BCUT2D eigenvalue weighted by atomic mass is 35.5. The third-order valence-electron chi connectivity index (χ3n) is 1.61. The van der Waals surface area contributed by atoms with Crippen LogP contribution in [0, 0.1) is 0 Å². The molecule has 1 rings (SSSR count). The summed E-state index contributed by atoms with van der Waals surface area (Å²) in [4.78, 5) is 10.3. The number of hydrogen-bond acceptors (Lipinski definition) is 2. The Labute approximate surface area is 76.3 Å². The number of halogens is 1. The summed E-state index contributed by atoms with van der Waals surface area (Å²) in [7, 11) is 0. The van der Waals surface area contributed by atoms with Crippen LogP contribution in [0.25, 0.3) is 0 Å². The molecule has 0 atom stereocenters. The molecule has 1 aromatic rings. The van der Waals surface area contributed by atoms with Gasteiger partial charge in [-0.3, -0.25) is 4.68 Å². The van der Waals surface area contributed by atoms with E-state index in [-0.39, 0.29) is 0 Å². The Hall–Kier alpha value is -0.830. The highest BCUT2D eigenvalue weighted by molar-refractivity contribution is 6.31. The smallest absolute Gasteiger partial charge is 0.125 e. The van der Waals surface area contributed by atoms with Gasteiger partial charge in [0.1, 0.15) is 6.29 Å². The lowest BCUT2D eigenvalue weighted by atomic mass is 10.3. The Morgan fingerprint density at radius 2 is 2.50 bits per heavy atom. The average molecular weight is 187 g/mol. The number of nitrogens with zero attached hydrogens (tertiary/aromatic N) is 2. The lowest BCUT2D eigenvalue weighted by molar-refractivity contribution is -0.107. The van der Waals surface area contributed by atoms with E-state index in [4.69, 9.17) is 11.6 Å². The summed E-state index contributed by atoms with van der Waals surface area (Å²) >= 11 is 5.82. The average Bonchev–Trinajstić information content (AvgIpc) is 2.37.